The minimum Gasteiger partial charge on any atom is -0.395 e. The van der Waals surface area contributed by atoms with Crippen molar-refractivity contribution in [2.45, 2.75) is 52.4 Å². The molecule has 0 atom stereocenters. The first-order valence-corrected chi connectivity index (χ1v) is 8.33. The van der Waals surface area contributed by atoms with Gasteiger partial charge in [-0.1, -0.05) is 39.5 Å². The molecule has 20 heavy (non-hydrogen) atoms. The monoisotopic (exact) mass is 289 g/mol. The number of rotatable bonds is 16. The molecule has 4 nitrogen and oxygen atoms in total. The quantitative estimate of drug-likeness (QED) is 0.444. The van der Waals surface area contributed by atoms with Crippen LogP contribution in [0.2, 0.25) is 0 Å². The van der Waals surface area contributed by atoms with Crippen LogP contribution in [0, 0.1) is 0 Å². The van der Waals surface area contributed by atoms with Crippen molar-refractivity contribution in [2.24, 2.45) is 0 Å². The second kappa shape index (κ2) is 16.9. The molecule has 0 aromatic carbocycles. The van der Waals surface area contributed by atoms with E-state index in [9.17, 15) is 0 Å². The van der Waals surface area contributed by atoms with E-state index in [0.29, 0.717) is 6.54 Å². The van der Waals surface area contributed by atoms with Gasteiger partial charge in [0, 0.05) is 32.8 Å². The molecule has 0 aliphatic carbocycles. The smallest absolute Gasteiger partial charge is 0.0593 e. The van der Waals surface area contributed by atoms with Gasteiger partial charge in [-0.15, -0.1) is 0 Å². The maximum absolute atomic E-state index is 9.06. The summed E-state index contributed by atoms with van der Waals surface area (Å²) >= 11 is 0. The summed E-state index contributed by atoms with van der Waals surface area (Å²) in [5.41, 5.74) is 0. The molecule has 0 spiro atoms. The first-order valence-electron chi connectivity index (χ1n) is 8.33. The highest BCUT2D eigenvalue weighted by molar-refractivity contribution is 4.56. The molecule has 0 rings (SSSR count). The van der Waals surface area contributed by atoms with E-state index in [1.165, 1.54) is 25.7 Å². The third-order valence-electron chi connectivity index (χ3n) is 3.30. The van der Waals surface area contributed by atoms with Gasteiger partial charge in [0.05, 0.1) is 19.8 Å². The summed E-state index contributed by atoms with van der Waals surface area (Å²) in [6.45, 7) is 10.3. The number of aliphatic hydroxyl groups is 1. The number of nitrogens with zero attached hydrogens (tertiary/aromatic N) is 1. The first-order chi connectivity index (χ1) is 9.85. The lowest BCUT2D eigenvalue weighted by Crippen LogP contribution is -2.33. The van der Waals surface area contributed by atoms with Crippen molar-refractivity contribution in [1.29, 1.82) is 0 Å². The zero-order valence-electron chi connectivity index (χ0n) is 13.6. The SMILES string of the molecule is CCCCCOCCN(CCO)CCOCCCCC. The highest BCUT2D eigenvalue weighted by Gasteiger charge is 2.04. The normalized spacial score (nSPS) is 11.4. The lowest BCUT2D eigenvalue weighted by atomic mass is 10.3. The predicted octanol–water partition coefficient (Wildman–Crippen LogP) is 2.69. The Morgan fingerprint density at radius 3 is 1.60 bits per heavy atom. The van der Waals surface area contributed by atoms with Crippen LogP contribution in [0.15, 0.2) is 0 Å². The van der Waals surface area contributed by atoms with Gasteiger partial charge in [-0.25, -0.2) is 0 Å². The van der Waals surface area contributed by atoms with E-state index >= 15 is 0 Å². The highest BCUT2D eigenvalue weighted by Crippen LogP contribution is 1.96. The summed E-state index contributed by atoms with van der Waals surface area (Å²) in [4.78, 5) is 2.21. The summed E-state index contributed by atoms with van der Waals surface area (Å²) in [7, 11) is 0. The Hall–Kier alpha value is -0.160. The summed E-state index contributed by atoms with van der Waals surface area (Å²) < 4.78 is 11.2. The van der Waals surface area contributed by atoms with E-state index in [0.717, 1.165) is 52.4 Å². The van der Waals surface area contributed by atoms with Crippen LogP contribution in [-0.4, -0.2) is 62.7 Å². The van der Waals surface area contributed by atoms with E-state index in [-0.39, 0.29) is 6.61 Å². The molecule has 0 amide bonds. The van der Waals surface area contributed by atoms with Crippen LogP contribution in [0.25, 0.3) is 0 Å². The molecule has 0 aliphatic rings. The van der Waals surface area contributed by atoms with Crippen molar-refractivity contribution < 1.29 is 14.6 Å². The van der Waals surface area contributed by atoms with Crippen LogP contribution >= 0.6 is 0 Å². The largest absolute Gasteiger partial charge is 0.395 e. The Morgan fingerprint density at radius 1 is 0.700 bits per heavy atom. The van der Waals surface area contributed by atoms with Gasteiger partial charge in [-0.3, -0.25) is 4.90 Å². The third kappa shape index (κ3) is 14.3. The van der Waals surface area contributed by atoms with E-state index in [1.807, 2.05) is 0 Å². The molecule has 0 aliphatic heterocycles. The fraction of sp³-hybridized carbons (Fsp3) is 1.00. The minimum absolute atomic E-state index is 0.200. The highest BCUT2D eigenvalue weighted by atomic mass is 16.5. The van der Waals surface area contributed by atoms with Gasteiger partial charge in [0.15, 0.2) is 0 Å². The van der Waals surface area contributed by atoms with Crippen LogP contribution in [0.5, 0.6) is 0 Å². The Labute approximate surface area is 125 Å². The van der Waals surface area contributed by atoms with Gasteiger partial charge in [0.1, 0.15) is 0 Å². The molecular weight excluding hydrogens is 254 g/mol. The van der Waals surface area contributed by atoms with Crippen LogP contribution < -0.4 is 0 Å². The zero-order chi connectivity index (χ0) is 14.9. The molecule has 0 aromatic rings. The summed E-state index contributed by atoms with van der Waals surface area (Å²) in [6, 6.07) is 0. The standard InChI is InChI=1S/C16H35NO3/c1-3-5-7-13-19-15-10-17(9-12-18)11-16-20-14-8-6-4-2/h18H,3-16H2,1-2H3. The number of ether oxygens (including phenoxy) is 2. The van der Waals surface area contributed by atoms with Crippen LogP contribution in [0.3, 0.4) is 0 Å². The van der Waals surface area contributed by atoms with Crippen LogP contribution in [0.4, 0.5) is 0 Å². The molecule has 0 saturated carbocycles. The summed E-state index contributed by atoms with van der Waals surface area (Å²) in [6.07, 6.45) is 7.25. The van der Waals surface area contributed by atoms with Crippen molar-refractivity contribution in [3.63, 3.8) is 0 Å². The summed E-state index contributed by atoms with van der Waals surface area (Å²) in [5, 5.41) is 9.06. The van der Waals surface area contributed by atoms with Crippen molar-refractivity contribution in [1.82, 2.24) is 4.90 Å². The Balaban J connectivity index is 3.45. The predicted molar refractivity (Wildman–Crippen MR) is 84.2 cm³/mol. The molecular formula is C16H35NO3. The van der Waals surface area contributed by atoms with Crippen molar-refractivity contribution in [3.8, 4) is 0 Å². The van der Waals surface area contributed by atoms with Crippen LogP contribution in [0.1, 0.15) is 52.4 Å². The van der Waals surface area contributed by atoms with Gasteiger partial charge in [0.2, 0.25) is 0 Å². The topological polar surface area (TPSA) is 41.9 Å². The Kier molecular flexibility index (Phi) is 16.8. The average Bonchev–Trinajstić information content (AvgIpc) is 2.46. The van der Waals surface area contributed by atoms with Crippen molar-refractivity contribution in [2.75, 3.05) is 52.7 Å². The van der Waals surface area contributed by atoms with Gasteiger partial charge in [0.25, 0.3) is 0 Å². The fourth-order valence-electron chi connectivity index (χ4n) is 1.98. The molecule has 0 fully saturated rings. The summed E-state index contributed by atoms with van der Waals surface area (Å²) in [5.74, 6) is 0. The van der Waals surface area contributed by atoms with Crippen LogP contribution in [-0.2, 0) is 9.47 Å². The van der Waals surface area contributed by atoms with Gasteiger partial charge in [-0.05, 0) is 12.8 Å². The molecule has 1 N–H and O–H groups in total. The molecule has 122 valence electrons. The number of hydrogen-bond donors (Lipinski definition) is 1. The molecule has 4 heteroatoms. The van der Waals surface area contributed by atoms with Crippen molar-refractivity contribution in [3.05, 3.63) is 0 Å². The average molecular weight is 289 g/mol. The number of aliphatic hydroxyl groups excluding tert-OH is 1. The molecule has 0 bridgehead atoms. The minimum atomic E-state index is 0.200. The lowest BCUT2D eigenvalue weighted by Gasteiger charge is -2.21. The maximum Gasteiger partial charge on any atom is 0.0593 e. The molecule has 0 radical (unpaired) electrons. The Morgan fingerprint density at radius 2 is 1.20 bits per heavy atom. The third-order valence-corrected chi connectivity index (χ3v) is 3.30. The molecule has 0 aromatic heterocycles. The van der Waals surface area contributed by atoms with E-state index in [4.69, 9.17) is 14.6 Å². The molecule has 0 heterocycles. The van der Waals surface area contributed by atoms with Gasteiger partial charge < -0.3 is 14.6 Å². The van der Waals surface area contributed by atoms with Gasteiger partial charge in [-0.2, -0.15) is 0 Å². The molecule has 0 unspecified atom stereocenters. The number of unbranched alkanes of at least 4 members (excludes halogenated alkanes) is 4. The first kappa shape index (κ1) is 19.8. The number of hydrogen-bond acceptors (Lipinski definition) is 4. The lowest BCUT2D eigenvalue weighted by molar-refractivity contribution is 0.0651. The van der Waals surface area contributed by atoms with E-state index < -0.39 is 0 Å². The van der Waals surface area contributed by atoms with Gasteiger partial charge >= 0.3 is 0 Å². The Bertz CT molecular complexity index is 163. The van der Waals surface area contributed by atoms with E-state index in [2.05, 4.69) is 18.7 Å². The second-order valence-electron chi connectivity index (χ2n) is 5.20. The zero-order valence-corrected chi connectivity index (χ0v) is 13.6. The molecule has 0 saturated heterocycles. The second-order valence-corrected chi connectivity index (χ2v) is 5.20. The van der Waals surface area contributed by atoms with Crippen molar-refractivity contribution >= 4 is 0 Å². The van der Waals surface area contributed by atoms with E-state index in [1.54, 1.807) is 0 Å². The maximum atomic E-state index is 9.06. The fourth-order valence-corrected chi connectivity index (χ4v) is 1.98.